The lowest BCUT2D eigenvalue weighted by Gasteiger charge is -2.34. The third kappa shape index (κ3) is 1.86. The fourth-order valence-electron chi connectivity index (χ4n) is 2.38. The van der Waals surface area contributed by atoms with Crippen molar-refractivity contribution in [1.82, 2.24) is 25.5 Å². The maximum atomic E-state index is 4.77. The molecule has 0 N–H and O–H groups in total. The van der Waals surface area contributed by atoms with E-state index in [-0.39, 0.29) is 0 Å². The molecule has 3 heterocycles. The lowest BCUT2D eigenvalue weighted by Crippen LogP contribution is -2.44. The van der Waals surface area contributed by atoms with Gasteiger partial charge in [0.2, 0.25) is 0 Å². The fourth-order valence-corrected chi connectivity index (χ4v) is 2.38. The molecule has 1 atom stereocenters. The molecule has 18 heavy (non-hydrogen) atoms. The van der Waals surface area contributed by atoms with Crippen LogP contribution in [0.25, 0.3) is 0 Å². The molecule has 0 bridgehead atoms. The zero-order valence-corrected chi connectivity index (χ0v) is 10.0. The van der Waals surface area contributed by atoms with Crippen molar-refractivity contribution in [1.29, 1.82) is 0 Å². The first-order valence-electron chi connectivity index (χ1n) is 6.16. The highest BCUT2D eigenvalue weighted by molar-refractivity contribution is 5.25. The van der Waals surface area contributed by atoms with Gasteiger partial charge in [-0.1, -0.05) is 0 Å². The Labute approximate surface area is 106 Å². The molecule has 3 rings (SSSR count). The minimum Gasteiger partial charge on any atom is -0.239 e. The highest BCUT2D eigenvalue weighted by Gasteiger charge is 2.41. The SMILES string of the molecule is c1cnc(C2(c3cccnn3)CCCC[N]2)nc1. The molecule has 0 aromatic carbocycles. The Hall–Kier alpha value is -1.88. The van der Waals surface area contributed by atoms with Crippen molar-refractivity contribution >= 4 is 0 Å². The van der Waals surface area contributed by atoms with Crippen molar-refractivity contribution in [2.75, 3.05) is 6.54 Å². The second-order valence-electron chi connectivity index (χ2n) is 4.38. The van der Waals surface area contributed by atoms with Gasteiger partial charge in [-0.3, -0.25) is 0 Å². The maximum absolute atomic E-state index is 4.77. The van der Waals surface area contributed by atoms with Crippen LogP contribution in [0.3, 0.4) is 0 Å². The van der Waals surface area contributed by atoms with Crippen LogP contribution in [0.4, 0.5) is 0 Å². The summed E-state index contributed by atoms with van der Waals surface area (Å²) in [6.45, 7) is 0.828. The fraction of sp³-hybridized carbons (Fsp3) is 0.385. The Bertz CT molecular complexity index is 452. The highest BCUT2D eigenvalue weighted by Crippen LogP contribution is 2.34. The van der Waals surface area contributed by atoms with E-state index < -0.39 is 5.54 Å². The smallest absolute Gasteiger partial charge is 0.155 e. The predicted octanol–water partition coefficient (Wildman–Crippen LogP) is 1.30. The van der Waals surface area contributed by atoms with Gasteiger partial charge in [0.1, 0.15) is 5.54 Å². The number of aromatic nitrogens is 4. The van der Waals surface area contributed by atoms with Crippen molar-refractivity contribution in [3.63, 3.8) is 0 Å². The van der Waals surface area contributed by atoms with Crippen LogP contribution >= 0.6 is 0 Å². The molecule has 5 heteroatoms. The lowest BCUT2D eigenvalue weighted by atomic mass is 9.84. The van der Waals surface area contributed by atoms with Crippen LogP contribution in [0.2, 0.25) is 0 Å². The summed E-state index contributed by atoms with van der Waals surface area (Å²) >= 11 is 0. The summed E-state index contributed by atoms with van der Waals surface area (Å²) in [6.07, 6.45) is 8.31. The van der Waals surface area contributed by atoms with E-state index in [2.05, 4.69) is 20.2 Å². The van der Waals surface area contributed by atoms with Gasteiger partial charge in [-0.25, -0.2) is 15.3 Å². The molecule has 2 aromatic heterocycles. The van der Waals surface area contributed by atoms with Crippen LogP contribution in [0.1, 0.15) is 30.8 Å². The van der Waals surface area contributed by atoms with Crippen LogP contribution in [-0.4, -0.2) is 26.7 Å². The molecular weight excluding hydrogens is 226 g/mol. The normalized spacial score (nSPS) is 23.8. The number of piperidine rings is 1. The van der Waals surface area contributed by atoms with Crippen LogP contribution < -0.4 is 5.32 Å². The number of nitrogens with zero attached hydrogens (tertiary/aromatic N) is 5. The number of hydrogen-bond donors (Lipinski definition) is 0. The second kappa shape index (κ2) is 4.78. The van der Waals surface area contributed by atoms with Gasteiger partial charge >= 0.3 is 0 Å². The van der Waals surface area contributed by atoms with Gasteiger partial charge in [-0.05, 0) is 37.5 Å². The molecule has 2 aromatic rings. The van der Waals surface area contributed by atoms with E-state index in [0.717, 1.165) is 37.3 Å². The monoisotopic (exact) mass is 240 g/mol. The topological polar surface area (TPSA) is 65.7 Å². The lowest BCUT2D eigenvalue weighted by molar-refractivity contribution is 0.278. The first-order chi connectivity index (χ1) is 8.92. The summed E-state index contributed by atoms with van der Waals surface area (Å²) in [5.74, 6) is 0.727. The average molecular weight is 240 g/mol. The van der Waals surface area contributed by atoms with Crippen molar-refractivity contribution in [3.8, 4) is 0 Å². The summed E-state index contributed by atoms with van der Waals surface area (Å²) in [4.78, 5) is 8.76. The number of hydrogen-bond acceptors (Lipinski definition) is 4. The molecule has 0 aliphatic carbocycles. The van der Waals surface area contributed by atoms with Gasteiger partial charge < -0.3 is 0 Å². The zero-order chi connectivity index (χ0) is 12.3. The van der Waals surface area contributed by atoms with E-state index in [1.165, 1.54) is 0 Å². The maximum Gasteiger partial charge on any atom is 0.155 e. The third-order valence-electron chi connectivity index (χ3n) is 3.26. The zero-order valence-electron chi connectivity index (χ0n) is 10.0. The van der Waals surface area contributed by atoms with Crippen LogP contribution in [0, 0.1) is 0 Å². The molecule has 1 saturated heterocycles. The minimum absolute atomic E-state index is 0.506. The Morgan fingerprint density at radius 1 is 1.00 bits per heavy atom. The highest BCUT2D eigenvalue weighted by atomic mass is 15.2. The first kappa shape index (κ1) is 11.2. The van der Waals surface area contributed by atoms with Gasteiger partial charge in [0, 0.05) is 25.1 Å². The Morgan fingerprint density at radius 3 is 2.56 bits per heavy atom. The van der Waals surface area contributed by atoms with E-state index in [0.29, 0.717) is 0 Å². The quantitative estimate of drug-likeness (QED) is 0.793. The first-order valence-corrected chi connectivity index (χ1v) is 6.16. The van der Waals surface area contributed by atoms with Crippen LogP contribution in [0.5, 0.6) is 0 Å². The van der Waals surface area contributed by atoms with E-state index >= 15 is 0 Å². The Kier molecular flexibility index (Phi) is 2.98. The summed E-state index contributed by atoms with van der Waals surface area (Å²) in [6, 6.07) is 5.66. The van der Waals surface area contributed by atoms with E-state index in [1.54, 1.807) is 18.6 Å². The van der Waals surface area contributed by atoms with Crippen molar-refractivity contribution in [2.24, 2.45) is 0 Å². The summed E-state index contributed by atoms with van der Waals surface area (Å²) < 4.78 is 0. The van der Waals surface area contributed by atoms with Gasteiger partial charge in [-0.2, -0.15) is 10.2 Å². The van der Waals surface area contributed by atoms with Gasteiger partial charge in [0.15, 0.2) is 5.82 Å². The van der Waals surface area contributed by atoms with E-state index in [1.807, 2.05) is 18.2 Å². The number of rotatable bonds is 2. The molecule has 0 saturated carbocycles. The van der Waals surface area contributed by atoms with Crippen molar-refractivity contribution in [3.05, 3.63) is 48.3 Å². The average Bonchev–Trinajstić information content (AvgIpc) is 2.50. The predicted molar refractivity (Wildman–Crippen MR) is 65.7 cm³/mol. The molecule has 0 spiro atoms. The molecule has 1 fully saturated rings. The molecule has 1 unspecified atom stereocenters. The molecule has 0 amide bonds. The molecule has 1 aliphatic rings. The molecule has 1 radical (unpaired) electrons. The van der Waals surface area contributed by atoms with Crippen molar-refractivity contribution < 1.29 is 0 Å². The Balaban J connectivity index is 2.10. The summed E-state index contributed by atoms with van der Waals surface area (Å²) in [5, 5.41) is 13.0. The van der Waals surface area contributed by atoms with Gasteiger partial charge in [-0.15, -0.1) is 0 Å². The summed E-state index contributed by atoms with van der Waals surface area (Å²) in [5.41, 5.74) is 0.337. The minimum atomic E-state index is -0.506. The molecule has 5 nitrogen and oxygen atoms in total. The van der Waals surface area contributed by atoms with Crippen LogP contribution in [0.15, 0.2) is 36.8 Å². The third-order valence-corrected chi connectivity index (χ3v) is 3.26. The van der Waals surface area contributed by atoms with Crippen molar-refractivity contribution in [2.45, 2.75) is 24.8 Å². The Morgan fingerprint density at radius 2 is 1.89 bits per heavy atom. The van der Waals surface area contributed by atoms with Gasteiger partial charge in [0.05, 0.1) is 5.69 Å². The van der Waals surface area contributed by atoms with E-state index in [9.17, 15) is 0 Å². The molecule has 1 aliphatic heterocycles. The largest absolute Gasteiger partial charge is 0.239 e. The second-order valence-corrected chi connectivity index (χ2v) is 4.38. The van der Waals surface area contributed by atoms with Crippen LogP contribution in [-0.2, 0) is 5.54 Å². The van der Waals surface area contributed by atoms with Gasteiger partial charge in [0.25, 0.3) is 0 Å². The summed E-state index contributed by atoms with van der Waals surface area (Å²) in [7, 11) is 0. The molecule has 91 valence electrons. The molecular formula is C13H14N5. The van der Waals surface area contributed by atoms with E-state index in [4.69, 9.17) is 5.32 Å². The standard InChI is InChI=1S/C13H14N5/c1-2-9-16-13(6-1,11-5-3-10-17-18-11)12-14-7-4-8-15-12/h3-5,7-8,10H,1-2,6,9H2.